The molecule has 0 aromatic heterocycles. The van der Waals surface area contributed by atoms with Crippen LogP contribution in [0.1, 0.15) is 52.4 Å². The molecule has 3 heteroatoms. The molecular formula is C18H39N3. The van der Waals surface area contributed by atoms with Gasteiger partial charge in [0.1, 0.15) is 0 Å². The monoisotopic (exact) mass is 297 g/mol. The Labute approximate surface area is 133 Å². The fourth-order valence-corrected chi connectivity index (χ4v) is 3.90. The molecule has 0 aromatic carbocycles. The van der Waals surface area contributed by atoms with E-state index in [0.717, 1.165) is 17.9 Å². The predicted molar refractivity (Wildman–Crippen MR) is 93.9 cm³/mol. The van der Waals surface area contributed by atoms with Crippen molar-refractivity contribution in [2.24, 2.45) is 11.8 Å². The van der Waals surface area contributed by atoms with Gasteiger partial charge in [0.05, 0.1) is 0 Å². The molecule has 1 rings (SSSR count). The summed E-state index contributed by atoms with van der Waals surface area (Å²) in [7, 11) is 6.51. The van der Waals surface area contributed by atoms with Crippen LogP contribution in [0.2, 0.25) is 0 Å². The summed E-state index contributed by atoms with van der Waals surface area (Å²) >= 11 is 0. The van der Waals surface area contributed by atoms with Crippen LogP contribution in [0.15, 0.2) is 0 Å². The molecule has 3 atom stereocenters. The molecule has 3 nitrogen and oxygen atoms in total. The zero-order valence-electron chi connectivity index (χ0n) is 15.2. The fraction of sp³-hybridized carbons (Fsp3) is 1.00. The van der Waals surface area contributed by atoms with Crippen molar-refractivity contribution in [2.45, 2.75) is 58.4 Å². The van der Waals surface area contributed by atoms with Gasteiger partial charge in [0.25, 0.3) is 0 Å². The van der Waals surface area contributed by atoms with Gasteiger partial charge < -0.3 is 15.1 Å². The molecule has 3 unspecified atom stereocenters. The third kappa shape index (κ3) is 7.12. The van der Waals surface area contributed by atoms with E-state index in [1.54, 1.807) is 0 Å². The Morgan fingerprint density at radius 1 is 1.00 bits per heavy atom. The van der Waals surface area contributed by atoms with E-state index in [0.29, 0.717) is 0 Å². The van der Waals surface area contributed by atoms with E-state index in [1.807, 2.05) is 0 Å². The largest absolute Gasteiger partial charge is 0.317 e. The molecule has 1 aliphatic rings. The summed E-state index contributed by atoms with van der Waals surface area (Å²) in [6, 6.07) is 0.733. The van der Waals surface area contributed by atoms with Crippen LogP contribution in [0, 0.1) is 11.8 Å². The van der Waals surface area contributed by atoms with Gasteiger partial charge in [0, 0.05) is 25.7 Å². The zero-order valence-corrected chi connectivity index (χ0v) is 15.2. The molecule has 0 amide bonds. The van der Waals surface area contributed by atoms with E-state index >= 15 is 0 Å². The first-order chi connectivity index (χ1) is 10.1. The topological polar surface area (TPSA) is 18.5 Å². The van der Waals surface area contributed by atoms with Crippen molar-refractivity contribution < 1.29 is 0 Å². The third-order valence-electron chi connectivity index (χ3n) is 5.05. The van der Waals surface area contributed by atoms with E-state index < -0.39 is 0 Å². The van der Waals surface area contributed by atoms with Crippen molar-refractivity contribution >= 4 is 0 Å². The second-order valence-corrected chi connectivity index (χ2v) is 7.23. The first-order valence-electron chi connectivity index (χ1n) is 9.15. The number of nitrogens with one attached hydrogen (secondary N) is 1. The Bertz CT molecular complexity index is 255. The third-order valence-corrected chi connectivity index (χ3v) is 5.05. The molecule has 21 heavy (non-hydrogen) atoms. The van der Waals surface area contributed by atoms with Gasteiger partial charge in [-0.25, -0.2) is 0 Å². The van der Waals surface area contributed by atoms with Gasteiger partial charge in [-0.2, -0.15) is 0 Å². The number of likely N-dealkylation sites (N-methyl/N-ethyl adjacent to an activating group) is 1. The summed E-state index contributed by atoms with van der Waals surface area (Å²) in [6.07, 6.45) is 8.28. The van der Waals surface area contributed by atoms with Crippen LogP contribution in [0.3, 0.4) is 0 Å². The molecule has 1 saturated carbocycles. The first-order valence-corrected chi connectivity index (χ1v) is 9.15. The molecule has 0 aliphatic heterocycles. The van der Waals surface area contributed by atoms with Gasteiger partial charge >= 0.3 is 0 Å². The lowest BCUT2D eigenvalue weighted by Gasteiger charge is -2.39. The van der Waals surface area contributed by atoms with E-state index in [1.165, 1.54) is 64.7 Å². The summed E-state index contributed by atoms with van der Waals surface area (Å²) in [6.45, 7) is 9.56. The SMILES string of the molecule is CCCC1CCC(NC)C(CN(CCC)CCN(C)C)C1. The maximum atomic E-state index is 3.59. The van der Waals surface area contributed by atoms with E-state index in [9.17, 15) is 0 Å². The Balaban J connectivity index is 2.54. The van der Waals surface area contributed by atoms with Crippen LogP contribution >= 0.6 is 0 Å². The molecule has 0 aromatic rings. The quantitative estimate of drug-likeness (QED) is 0.668. The maximum absolute atomic E-state index is 3.59. The highest BCUT2D eigenvalue weighted by molar-refractivity contribution is 4.86. The van der Waals surface area contributed by atoms with Crippen molar-refractivity contribution in [3.05, 3.63) is 0 Å². The second kappa shape index (κ2) is 10.6. The summed E-state index contributed by atoms with van der Waals surface area (Å²) < 4.78 is 0. The predicted octanol–water partition coefficient (Wildman–Crippen LogP) is 3.06. The number of hydrogen-bond donors (Lipinski definition) is 1. The Morgan fingerprint density at radius 3 is 2.33 bits per heavy atom. The molecular weight excluding hydrogens is 258 g/mol. The highest BCUT2D eigenvalue weighted by Crippen LogP contribution is 2.32. The standard InChI is InChI=1S/C18H39N3/c1-6-8-16-9-10-18(19-3)17(14-16)15-21(11-7-2)13-12-20(4)5/h16-19H,6-15H2,1-5H3. The number of hydrogen-bond acceptors (Lipinski definition) is 3. The molecule has 1 aliphatic carbocycles. The average Bonchev–Trinajstić information content (AvgIpc) is 2.45. The van der Waals surface area contributed by atoms with Gasteiger partial charge in [-0.05, 0) is 65.2 Å². The molecule has 0 heterocycles. The van der Waals surface area contributed by atoms with Gasteiger partial charge in [0.2, 0.25) is 0 Å². The minimum Gasteiger partial charge on any atom is -0.317 e. The minimum absolute atomic E-state index is 0.733. The van der Waals surface area contributed by atoms with Crippen molar-refractivity contribution in [1.29, 1.82) is 0 Å². The zero-order chi connectivity index (χ0) is 15.7. The van der Waals surface area contributed by atoms with Crippen molar-refractivity contribution in [3.8, 4) is 0 Å². The Kier molecular flexibility index (Phi) is 9.54. The van der Waals surface area contributed by atoms with E-state index in [-0.39, 0.29) is 0 Å². The van der Waals surface area contributed by atoms with E-state index in [2.05, 4.69) is 50.1 Å². The minimum atomic E-state index is 0.733. The molecule has 126 valence electrons. The van der Waals surface area contributed by atoms with Crippen LogP contribution in [0.5, 0.6) is 0 Å². The van der Waals surface area contributed by atoms with Crippen molar-refractivity contribution in [2.75, 3.05) is 47.3 Å². The van der Waals surface area contributed by atoms with Crippen LogP contribution in [-0.2, 0) is 0 Å². The molecule has 0 saturated heterocycles. The lowest BCUT2D eigenvalue weighted by Crippen LogP contribution is -2.46. The first kappa shape index (κ1) is 18.9. The van der Waals surface area contributed by atoms with Crippen molar-refractivity contribution in [1.82, 2.24) is 15.1 Å². The van der Waals surface area contributed by atoms with Gasteiger partial charge in [-0.1, -0.05) is 26.7 Å². The normalized spacial score (nSPS) is 26.7. The van der Waals surface area contributed by atoms with E-state index in [4.69, 9.17) is 0 Å². The highest BCUT2D eigenvalue weighted by Gasteiger charge is 2.30. The molecule has 0 spiro atoms. The smallest absolute Gasteiger partial charge is 0.0109 e. The van der Waals surface area contributed by atoms with Crippen molar-refractivity contribution in [3.63, 3.8) is 0 Å². The molecule has 1 fully saturated rings. The molecule has 0 radical (unpaired) electrons. The van der Waals surface area contributed by atoms with Gasteiger partial charge in [-0.15, -0.1) is 0 Å². The molecule has 1 N–H and O–H groups in total. The molecule has 0 bridgehead atoms. The lowest BCUT2D eigenvalue weighted by molar-refractivity contribution is 0.133. The van der Waals surface area contributed by atoms with Crippen LogP contribution in [0.25, 0.3) is 0 Å². The number of rotatable bonds is 10. The number of nitrogens with zero attached hydrogens (tertiary/aromatic N) is 2. The highest BCUT2D eigenvalue weighted by atomic mass is 15.2. The Hall–Kier alpha value is -0.120. The second-order valence-electron chi connectivity index (χ2n) is 7.23. The van der Waals surface area contributed by atoms with Gasteiger partial charge in [-0.3, -0.25) is 0 Å². The summed E-state index contributed by atoms with van der Waals surface area (Å²) in [5.74, 6) is 1.82. The average molecular weight is 298 g/mol. The lowest BCUT2D eigenvalue weighted by atomic mass is 9.76. The fourth-order valence-electron chi connectivity index (χ4n) is 3.90. The van der Waals surface area contributed by atoms with Crippen LogP contribution < -0.4 is 5.32 Å². The maximum Gasteiger partial charge on any atom is 0.0109 e. The van der Waals surface area contributed by atoms with Crippen LogP contribution in [0.4, 0.5) is 0 Å². The summed E-state index contributed by atoms with van der Waals surface area (Å²) in [5.41, 5.74) is 0. The Morgan fingerprint density at radius 2 is 1.76 bits per heavy atom. The summed E-state index contributed by atoms with van der Waals surface area (Å²) in [5, 5.41) is 3.59. The van der Waals surface area contributed by atoms with Gasteiger partial charge in [0.15, 0.2) is 0 Å². The van der Waals surface area contributed by atoms with Crippen LogP contribution in [-0.4, -0.2) is 63.2 Å². The summed E-state index contributed by atoms with van der Waals surface area (Å²) in [4.78, 5) is 5.00.